The number of hydrogen-bond acceptors (Lipinski definition) is 8. The van der Waals surface area contributed by atoms with Gasteiger partial charge in [-0.05, 0) is 45.7 Å². The first-order chi connectivity index (χ1) is 15.7. The number of amides is 1. The summed E-state index contributed by atoms with van der Waals surface area (Å²) in [5.74, 6) is 0.200. The molecule has 1 aliphatic rings. The van der Waals surface area contributed by atoms with Crippen molar-refractivity contribution in [2.45, 2.75) is 45.3 Å². The minimum Gasteiger partial charge on any atom is -0.465 e. The number of ether oxygens (including phenoxy) is 2. The normalized spacial score (nSPS) is 16.5. The Hall–Kier alpha value is -3.69. The Bertz CT molecular complexity index is 1170. The van der Waals surface area contributed by atoms with Gasteiger partial charge in [-0.2, -0.15) is 0 Å². The number of aromatic nitrogens is 4. The van der Waals surface area contributed by atoms with Crippen molar-refractivity contribution in [2.75, 3.05) is 25.5 Å². The number of piperidine rings is 1. The van der Waals surface area contributed by atoms with Crippen molar-refractivity contribution in [1.29, 1.82) is 0 Å². The predicted octanol–water partition coefficient (Wildman–Crippen LogP) is 3.39. The van der Waals surface area contributed by atoms with Crippen LogP contribution in [0.1, 0.15) is 44.0 Å². The predicted molar refractivity (Wildman–Crippen MR) is 122 cm³/mol. The Morgan fingerprint density at radius 1 is 1.21 bits per heavy atom. The largest absolute Gasteiger partial charge is 0.465 e. The fourth-order valence-electron chi connectivity index (χ4n) is 3.77. The van der Waals surface area contributed by atoms with Gasteiger partial charge in [0, 0.05) is 25.3 Å². The van der Waals surface area contributed by atoms with E-state index in [0.717, 1.165) is 18.5 Å². The number of methoxy groups -OCH3 is 1. The Balaban J connectivity index is 1.49. The van der Waals surface area contributed by atoms with Crippen molar-refractivity contribution >= 4 is 23.5 Å². The number of pyridine rings is 1. The quantitative estimate of drug-likeness (QED) is 0.600. The van der Waals surface area contributed by atoms with Crippen molar-refractivity contribution in [3.05, 3.63) is 42.5 Å². The van der Waals surface area contributed by atoms with Crippen LogP contribution in [0.5, 0.6) is 0 Å². The number of nitrogens with zero attached hydrogens (tertiary/aromatic N) is 5. The van der Waals surface area contributed by atoms with Crippen LogP contribution >= 0.6 is 0 Å². The molecule has 0 bridgehead atoms. The molecule has 0 aliphatic carbocycles. The van der Waals surface area contributed by atoms with E-state index < -0.39 is 11.6 Å². The van der Waals surface area contributed by atoms with Crippen LogP contribution in [0.15, 0.2) is 36.9 Å². The lowest BCUT2D eigenvalue weighted by atomic mass is 10.1. The number of carbonyl (C=O) groups excluding carboxylic acids is 2. The monoisotopic (exact) mass is 452 g/mol. The zero-order chi connectivity index (χ0) is 23.6. The van der Waals surface area contributed by atoms with Crippen LogP contribution in [0.2, 0.25) is 0 Å². The molecule has 1 N–H and O–H groups in total. The Kier molecular flexibility index (Phi) is 6.17. The molecule has 4 heterocycles. The summed E-state index contributed by atoms with van der Waals surface area (Å²) >= 11 is 0. The van der Waals surface area contributed by atoms with E-state index in [9.17, 15) is 9.59 Å². The second-order valence-electron chi connectivity index (χ2n) is 8.98. The number of nitrogens with one attached hydrogen (secondary N) is 1. The van der Waals surface area contributed by atoms with E-state index in [-0.39, 0.29) is 12.1 Å². The molecular formula is C23H28N6O4. The first-order valence-electron chi connectivity index (χ1n) is 10.9. The summed E-state index contributed by atoms with van der Waals surface area (Å²) < 4.78 is 12.1. The molecule has 10 heteroatoms. The number of rotatable bonds is 4. The van der Waals surface area contributed by atoms with Crippen LogP contribution in [0, 0.1) is 0 Å². The molecule has 0 saturated carbocycles. The number of anilines is 1. The molecular weight excluding hydrogens is 424 g/mol. The molecule has 1 amide bonds. The maximum Gasteiger partial charge on any atom is 0.410 e. The lowest BCUT2D eigenvalue weighted by Gasteiger charge is -2.34. The Morgan fingerprint density at radius 3 is 2.79 bits per heavy atom. The van der Waals surface area contributed by atoms with Crippen molar-refractivity contribution in [3.63, 3.8) is 0 Å². The zero-order valence-electron chi connectivity index (χ0n) is 19.2. The summed E-state index contributed by atoms with van der Waals surface area (Å²) in [6.45, 7) is 6.80. The molecule has 33 heavy (non-hydrogen) atoms. The van der Waals surface area contributed by atoms with Gasteiger partial charge in [0.15, 0.2) is 0 Å². The van der Waals surface area contributed by atoms with Gasteiger partial charge < -0.3 is 19.7 Å². The molecule has 3 aromatic heterocycles. The number of fused-ring (bicyclic) bond motifs is 1. The number of hydrogen-bond donors (Lipinski definition) is 1. The Labute approximate surface area is 191 Å². The molecule has 174 valence electrons. The van der Waals surface area contributed by atoms with Crippen molar-refractivity contribution in [1.82, 2.24) is 24.3 Å². The van der Waals surface area contributed by atoms with E-state index in [1.165, 1.54) is 7.11 Å². The minimum atomic E-state index is -0.525. The highest BCUT2D eigenvalue weighted by molar-refractivity contribution is 5.90. The third kappa shape index (κ3) is 5.21. The van der Waals surface area contributed by atoms with Crippen LogP contribution in [-0.2, 0) is 9.47 Å². The van der Waals surface area contributed by atoms with Crippen molar-refractivity contribution in [3.8, 4) is 11.4 Å². The molecule has 1 unspecified atom stereocenters. The second kappa shape index (κ2) is 9.05. The van der Waals surface area contributed by atoms with E-state index >= 15 is 0 Å². The van der Waals surface area contributed by atoms with E-state index in [1.807, 2.05) is 25.2 Å². The lowest BCUT2D eigenvalue weighted by molar-refractivity contribution is 0.0206. The molecule has 4 rings (SSSR count). The van der Waals surface area contributed by atoms with Gasteiger partial charge >= 0.3 is 12.1 Å². The van der Waals surface area contributed by atoms with Crippen LogP contribution < -0.4 is 5.32 Å². The van der Waals surface area contributed by atoms with Crippen LogP contribution in [-0.4, -0.2) is 68.2 Å². The average Bonchev–Trinajstić information content (AvgIpc) is 3.21. The zero-order valence-corrected chi connectivity index (χ0v) is 19.2. The molecule has 0 radical (unpaired) electrons. The van der Waals surface area contributed by atoms with Crippen LogP contribution in [0.3, 0.4) is 0 Å². The fraction of sp³-hybridized carbons (Fsp3) is 0.435. The highest BCUT2D eigenvalue weighted by Crippen LogP contribution is 2.22. The third-order valence-electron chi connectivity index (χ3n) is 5.26. The minimum absolute atomic E-state index is 0.0422. The molecule has 1 atom stereocenters. The van der Waals surface area contributed by atoms with Gasteiger partial charge in [0.25, 0.3) is 0 Å². The molecule has 1 saturated heterocycles. The van der Waals surface area contributed by atoms with Crippen LogP contribution in [0.25, 0.3) is 17.0 Å². The standard InChI is InChI=1S/C23H28N6O4/c1-23(2,3)33-22(31)28-8-5-6-16(14-28)26-19-13-24-11-17(27-19)18-12-25-20-10-15(21(30)32-4)7-9-29(18)20/h7,9-13,16H,5-6,8,14H2,1-4H3,(H,26,27). The fourth-order valence-corrected chi connectivity index (χ4v) is 3.77. The summed E-state index contributed by atoms with van der Waals surface area (Å²) in [5.41, 5.74) is 1.89. The topological polar surface area (TPSA) is 111 Å². The van der Waals surface area contributed by atoms with Gasteiger partial charge in [-0.25, -0.2) is 19.6 Å². The van der Waals surface area contributed by atoms with E-state index in [4.69, 9.17) is 14.5 Å². The summed E-state index contributed by atoms with van der Waals surface area (Å²) in [6, 6.07) is 3.38. The number of carbonyl (C=O) groups is 2. The van der Waals surface area contributed by atoms with Gasteiger partial charge in [-0.1, -0.05) is 0 Å². The molecule has 1 aliphatic heterocycles. The SMILES string of the molecule is COC(=O)c1ccn2c(-c3cncc(NC4CCCN(C(=O)OC(C)(C)C)C4)n3)cnc2c1. The molecule has 0 aromatic carbocycles. The molecule has 1 fully saturated rings. The van der Waals surface area contributed by atoms with E-state index in [0.29, 0.717) is 35.8 Å². The highest BCUT2D eigenvalue weighted by atomic mass is 16.6. The summed E-state index contributed by atoms with van der Waals surface area (Å²) in [6.07, 6.45) is 8.26. The van der Waals surface area contributed by atoms with Crippen LogP contribution in [0.4, 0.5) is 10.6 Å². The van der Waals surface area contributed by atoms with E-state index in [2.05, 4.69) is 15.3 Å². The van der Waals surface area contributed by atoms with Gasteiger partial charge in [0.2, 0.25) is 0 Å². The van der Waals surface area contributed by atoms with Crippen molar-refractivity contribution < 1.29 is 19.1 Å². The molecule has 10 nitrogen and oxygen atoms in total. The van der Waals surface area contributed by atoms with Crippen molar-refractivity contribution in [2.24, 2.45) is 0 Å². The maximum absolute atomic E-state index is 12.4. The summed E-state index contributed by atoms with van der Waals surface area (Å²) in [5, 5.41) is 3.40. The number of imidazole rings is 1. The lowest BCUT2D eigenvalue weighted by Crippen LogP contribution is -2.47. The summed E-state index contributed by atoms with van der Waals surface area (Å²) in [4.78, 5) is 39.4. The first-order valence-corrected chi connectivity index (χ1v) is 10.9. The Morgan fingerprint density at radius 2 is 2.03 bits per heavy atom. The average molecular weight is 453 g/mol. The summed E-state index contributed by atoms with van der Waals surface area (Å²) in [7, 11) is 1.34. The highest BCUT2D eigenvalue weighted by Gasteiger charge is 2.28. The molecule has 0 spiro atoms. The van der Waals surface area contributed by atoms with E-state index in [1.54, 1.807) is 41.8 Å². The van der Waals surface area contributed by atoms with Gasteiger partial charge in [-0.3, -0.25) is 9.38 Å². The smallest absolute Gasteiger partial charge is 0.410 e. The number of esters is 1. The first kappa shape index (κ1) is 22.5. The van der Waals surface area contributed by atoms with Gasteiger partial charge in [0.05, 0.1) is 37.0 Å². The molecule has 3 aromatic rings. The number of likely N-dealkylation sites (tertiary alicyclic amines) is 1. The van der Waals surface area contributed by atoms with Gasteiger partial charge in [-0.15, -0.1) is 0 Å². The third-order valence-corrected chi connectivity index (χ3v) is 5.26. The maximum atomic E-state index is 12.4. The second-order valence-corrected chi connectivity index (χ2v) is 8.98. The van der Waals surface area contributed by atoms with Gasteiger partial charge in [0.1, 0.15) is 22.8 Å².